The third-order valence-corrected chi connectivity index (χ3v) is 6.50. The molecule has 0 radical (unpaired) electrons. The molecule has 0 spiro atoms. The first-order chi connectivity index (χ1) is 16.4. The van der Waals surface area contributed by atoms with Crippen molar-refractivity contribution < 1.29 is 23.5 Å². The SMILES string of the molecule is COc1ccc(-c2ccc3c(c2)C(=O)N2CCN(C(=O)c4cccc(F)c4)C[C@@H]2C(=O)C3)cc1. The van der Waals surface area contributed by atoms with E-state index in [1.807, 2.05) is 42.5 Å². The van der Waals surface area contributed by atoms with E-state index in [-0.39, 0.29) is 49.2 Å². The summed E-state index contributed by atoms with van der Waals surface area (Å²) in [5.41, 5.74) is 3.24. The number of ether oxygens (including phenoxy) is 1. The molecule has 2 amide bonds. The van der Waals surface area contributed by atoms with E-state index in [1.54, 1.807) is 18.1 Å². The number of carbonyl (C=O) groups is 3. The normalized spacial score (nSPS) is 17.6. The molecule has 0 bridgehead atoms. The fourth-order valence-corrected chi connectivity index (χ4v) is 4.64. The predicted molar refractivity (Wildman–Crippen MR) is 124 cm³/mol. The van der Waals surface area contributed by atoms with Gasteiger partial charge >= 0.3 is 0 Å². The molecule has 0 aromatic heterocycles. The summed E-state index contributed by atoms with van der Waals surface area (Å²) < 4.78 is 18.8. The predicted octanol–water partition coefficient (Wildman–Crippen LogP) is 3.59. The maximum Gasteiger partial charge on any atom is 0.254 e. The Balaban J connectivity index is 1.41. The van der Waals surface area contributed by atoms with Crippen molar-refractivity contribution in [3.05, 3.63) is 89.2 Å². The molecule has 0 N–H and O–H groups in total. The van der Waals surface area contributed by atoms with Gasteiger partial charge in [0, 0.05) is 37.2 Å². The number of hydrogen-bond acceptors (Lipinski definition) is 4. The van der Waals surface area contributed by atoms with Crippen molar-refractivity contribution in [2.75, 3.05) is 26.7 Å². The fourth-order valence-electron chi connectivity index (χ4n) is 4.64. The Labute approximate surface area is 196 Å². The molecule has 3 aromatic carbocycles. The molecule has 2 heterocycles. The number of benzene rings is 3. The summed E-state index contributed by atoms with van der Waals surface area (Å²) in [6, 6.07) is 17.9. The van der Waals surface area contributed by atoms with E-state index in [0.29, 0.717) is 11.1 Å². The van der Waals surface area contributed by atoms with Crippen LogP contribution in [0, 0.1) is 5.82 Å². The molecule has 1 saturated heterocycles. The summed E-state index contributed by atoms with van der Waals surface area (Å²) in [4.78, 5) is 42.6. The van der Waals surface area contributed by atoms with Crippen LogP contribution < -0.4 is 4.74 Å². The van der Waals surface area contributed by atoms with Crippen molar-refractivity contribution in [2.45, 2.75) is 12.5 Å². The minimum Gasteiger partial charge on any atom is -0.497 e. The summed E-state index contributed by atoms with van der Waals surface area (Å²) in [5, 5.41) is 0. The largest absolute Gasteiger partial charge is 0.497 e. The first-order valence-electron chi connectivity index (χ1n) is 11.1. The Bertz CT molecular complexity index is 1290. The van der Waals surface area contributed by atoms with E-state index in [4.69, 9.17) is 4.74 Å². The molecule has 6 nitrogen and oxygen atoms in total. The number of hydrogen-bond donors (Lipinski definition) is 0. The molecular weight excluding hydrogens is 435 g/mol. The van der Waals surface area contributed by atoms with E-state index >= 15 is 0 Å². The Hall–Kier alpha value is -4.00. The monoisotopic (exact) mass is 458 g/mol. The van der Waals surface area contributed by atoms with Gasteiger partial charge in [-0.25, -0.2) is 4.39 Å². The van der Waals surface area contributed by atoms with Crippen molar-refractivity contribution in [3.8, 4) is 16.9 Å². The van der Waals surface area contributed by atoms with E-state index in [1.165, 1.54) is 23.1 Å². The van der Waals surface area contributed by atoms with Gasteiger partial charge in [-0.2, -0.15) is 0 Å². The van der Waals surface area contributed by atoms with Gasteiger partial charge in [0.15, 0.2) is 5.78 Å². The Kier molecular flexibility index (Phi) is 5.61. The highest BCUT2D eigenvalue weighted by molar-refractivity contribution is 6.04. The molecule has 0 saturated carbocycles. The lowest BCUT2D eigenvalue weighted by atomic mass is 9.96. The quantitative estimate of drug-likeness (QED) is 0.602. The minimum atomic E-state index is -0.726. The van der Waals surface area contributed by atoms with Crippen LogP contribution in [-0.2, 0) is 11.2 Å². The number of amides is 2. The van der Waals surface area contributed by atoms with Gasteiger partial charge in [-0.05, 0) is 53.1 Å². The second-order valence-electron chi connectivity index (χ2n) is 8.52. The molecule has 0 aliphatic carbocycles. The zero-order valence-electron chi connectivity index (χ0n) is 18.7. The Morgan fingerprint density at radius 1 is 0.971 bits per heavy atom. The molecule has 0 unspecified atom stereocenters. The van der Waals surface area contributed by atoms with Crippen LogP contribution in [0.2, 0.25) is 0 Å². The van der Waals surface area contributed by atoms with Crippen LogP contribution in [0.1, 0.15) is 26.3 Å². The molecule has 1 atom stereocenters. The first kappa shape index (κ1) is 21.8. The van der Waals surface area contributed by atoms with Crippen LogP contribution in [0.5, 0.6) is 5.75 Å². The van der Waals surface area contributed by atoms with Gasteiger partial charge in [0.1, 0.15) is 17.6 Å². The first-order valence-corrected chi connectivity index (χ1v) is 11.1. The van der Waals surface area contributed by atoms with Crippen LogP contribution in [-0.4, -0.2) is 60.2 Å². The van der Waals surface area contributed by atoms with Gasteiger partial charge in [0.25, 0.3) is 11.8 Å². The number of halogens is 1. The van der Waals surface area contributed by atoms with Gasteiger partial charge in [-0.3, -0.25) is 14.4 Å². The second-order valence-corrected chi connectivity index (χ2v) is 8.52. The molecule has 2 aliphatic rings. The summed E-state index contributed by atoms with van der Waals surface area (Å²) in [6.07, 6.45) is 0.118. The van der Waals surface area contributed by atoms with E-state index < -0.39 is 11.9 Å². The fraction of sp³-hybridized carbons (Fsp3) is 0.222. The van der Waals surface area contributed by atoms with E-state index in [0.717, 1.165) is 16.9 Å². The Morgan fingerprint density at radius 3 is 2.47 bits per heavy atom. The van der Waals surface area contributed by atoms with Gasteiger partial charge < -0.3 is 14.5 Å². The molecule has 34 heavy (non-hydrogen) atoms. The number of nitrogens with zero attached hydrogens (tertiary/aromatic N) is 2. The number of methoxy groups -OCH3 is 1. The van der Waals surface area contributed by atoms with Crippen LogP contribution in [0.4, 0.5) is 4.39 Å². The van der Waals surface area contributed by atoms with Crippen LogP contribution >= 0.6 is 0 Å². The molecule has 2 aliphatic heterocycles. The third-order valence-electron chi connectivity index (χ3n) is 6.50. The lowest BCUT2D eigenvalue weighted by Crippen LogP contribution is -2.58. The van der Waals surface area contributed by atoms with E-state index in [2.05, 4.69) is 0 Å². The lowest BCUT2D eigenvalue weighted by Gasteiger charge is -2.39. The van der Waals surface area contributed by atoms with Gasteiger partial charge in [-0.1, -0.05) is 30.3 Å². The van der Waals surface area contributed by atoms with Crippen molar-refractivity contribution in [1.29, 1.82) is 0 Å². The number of fused-ring (bicyclic) bond motifs is 2. The van der Waals surface area contributed by atoms with Gasteiger partial charge in [-0.15, -0.1) is 0 Å². The Morgan fingerprint density at radius 2 is 1.74 bits per heavy atom. The highest BCUT2D eigenvalue weighted by atomic mass is 19.1. The molecule has 3 aromatic rings. The van der Waals surface area contributed by atoms with E-state index in [9.17, 15) is 18.8 Å². The average Bonchev–Trinajstić information content (AvgIpc) is 2.97. The summed E-state index contributed by atoms with van der Waals surface area (Å²) in [6.45, 7) is 0.611. The topological polar surface area (TPSA) is 66.9 Å². The molecule has 5 rings (SSSR count). The second kappa shape index (κ2) is 8.74. The number of carbonyl (C=O) groups excluding carboxylic acids is 3. The molecule has 172 valence electrons. The smallest absolute Gasteiger partial charge is 0.254 e. The van der Waals surface area contributed by atoms with Crippen molar-refractivity contribution in [1.82, 2.24) is 9.80 Å². The highest BCUT2D eigenvalue weighted by Gasteiger charge is 2.40. The molecular formula is C27H23FN2O4. The summed E-state index contributed by atoms with van der Waals surface area (Å²) >= 11 is 0. The van der Waals surface area contributed by atoms with Gasteiger partial charge in [0.05, 0.1) is 7.11 Å². The zero-order chi connectivity index (χ0) is 23.8. The minimum absolute atomic E-state index is 0.0965. The zero-order valence-corrected chi connectivity index (χ0v) is 18.7. The maximum absolute atomic E-state index is 13.6. The average molecular weight is 458 g/mol. The lowest BCUT2D eigenvalue weighted by molar-refractivity contribution is -0.124. The van der Waals surface area contributed by atoms with Crippen LogP contribution in [0.3, 0.4) is 0 Å². The van der Waals surface area contributed by atoms with Crippen molar-refractivity contribution in [2.24, 2.45) is 0 Å². The van der Waals surface area contributed by atoms with Crippen molar-refractivity contribution >= 4 is 17.6 Å². The number of piperazine rings is 1. The highest BCUT2D eigenvalue weighted by Crippen LogP contribution is 2.29. The number of Topliss-reactive ketones (excluding diaryl/α,β-unsaturated/α-hetero) is 1. The summed E-state index contributed by atoms with van der Waals surface area (Å²) in [7, 11) is 1.61. The third kappa shape index (κ3) is 3.94. The standard InChI is InChI=1S/C27H23FN2O4/c1-34-22-9-7-17(8-10-22)18-5-6-19-15-25(31)24-16-29(11-12-30(24)27(33)23(19)14-18)26(32)20-3-2-4-21(28)13-20/h2-10,13-14,24H,11-12,15-16H2,1H3/t24-/m1/s1. The maximum atomic E-state index is 13.6. The number of rotatable bonds is 3. The molecule has 7 heteroatoms. The van der Waals surface area contributed by atoms with Crippen LogP contribution in [0.15, 0.2) is 66.7 Å². The van der Waals surface area contributed by atoms with Crippen molar-refractivity contribution in [3.63, 3.8) is 0 Å². The van der Waals surface area contributed by atoms with Gasteiger partial charge in [0.2, 0.25) is 0 Å². The number of ketones is 1. The molecule has 1 fully saturated rings. The van der Waals surface area contributed by atoms with Crippen LogP contribution in [0.25, 0.3) is 11.1 Å². The summed E-state index contributed by atoms with van der Waals surface area (Å²) in [5.74, 6) is -0.412.